The Morgan fingerprint density at radius 1 is 1.06 bits per heavy atom. The SMILES string of the molecule is CCC(NC(=O)c1cc(S(=O)(=O)N2CCCC2)ccc1OC)c1ccc(OC)c(C)c1. The van der Waals surface area contributed by atoms with E-state index >= 15 is 0 Å². The van der Waals surface area contributed by atoms with Crippen LogP contribution in [0.1, 0.15) is 53.7 Å². The molecule has 0 spiro atoms. The molecule has 1 heterocycles. The zero-order valence-corrected chi connectivity index (χ0v) is 19.3. The summed E-state index contributed by atoms with van der Waals surface area (Å²) in [5.41, 5.74) is 2.13. The quantitative estimate of drug-likeness (QED) is 0.669. The van der Waals surface area contributed by atoms with Gasteiger partial charge in [-0.25, -0.2) is 8.42 Å². The van der Waals surface area contributed by atoms with E-state index in [1.165, 1.54) is 29.6 Å². The molecule has 1 atom stereocenters. The molecular formula is C23H30N2O5S. The molecule has 1 saturated heterocycles. The van der Waals surface area contributed by atoms with Crippen molar-refractivity contribution in [1.82, 2.24) is 9.62 Å². The van der Waals surface area contributed by atoms with Crippen LogP contribution in [0.2, 0.25) is 0 Å². The molecule has 0 aliphatic carbocycles. The van der Waals surface area contributed by atoms with E-state index in [2.05, 4.69) is 5.32 Å². The Hall–Kier alpha value is -2.58. The lowest BCUT2D eigenvalue weighted by Crippen LogP contribution is -2.30. The number of nitrogens with one attached hydrogen (secondary N) is 1. The number of rotatable bonds is 8. The molecule has 1 unspecified atom stereocenters. The number of hydrogen-bond acceptors (Lipinski definition) is 5. The molecule has 0 bridgehead atoms. The van der Waals surface area contributed by atoms with Crippen LogP contribution in [0.15, 0.2) is 41.3 Å². The maximum absolute atomic E-state index is 13.2. The lowest BCUT2D eigenvalue weighted by molar-refractivity contribution is 0.0932. The van der Waals surface area contributed by atoms with Crippen molar-refractivity contribution in [3.05, 3.63) is 53.1 Å². The zero-order chi connectivity index (χ0) is 22.6. The van der Waals surface area contributed by atoms with Crippen LogP contribution in [-0.2, 0) is 10.0 Å². The topological polar surface area (TPSA) is 84.9 Å². The van der Waals surface area contributed by atoms with Gasteiger partial charge in [0, 0.05) is 13.1 Å². The van der Waals surface area contributed by atoms with Gasteiger partial charge in [0.15, 0.2) is 0 Å². The third-order valence-electron chi connectivity index (χ3n) is 5.65. The van der Waals surface area contributed by atoms with E-state index in [9.17, 15) is 13.2 Å². The number of sulfonamides is 1. The summed E-state index contributed by atoms with van der Waals surface area (Å²) in [4.78, 5) is 13.3. The molecule has 8 heteroatoms. The van der Waals surface area contributed by atoms with Gasteiger partial charge < -0.3 is 14.8 Å². The molecule has 1 aliphatic heterocycles. The third kappa shape index (κ3) is 4.85. The Labute approximate surface area is 184 Å². The molecule has 7 nitrogen and oxygen atoms in total. The van der Waals surface area contributed by atoms with Gasteiger partial charge in [0.1, 0.15) is 11.5 Å². The van der Waals surface area contributed by atoms with Crippen LogP contribution in [0.5, 0.6) is 11.5 Å². The average Bonchev–Trinajstić information content (AvgIpc) is 3.32. The normalized spacial score (nSPS) is 15.5. The second-order valence-electron chi connectivity index (χ2n) is 7.64. The Morgan fingerprint density at radius 3 is 2.29 bits per heavy atom. The van der Waals surface area contributed by atoms with Crippen molar-refractivity contribution in [3.63, 3.8) is 0 Å². The fourth-order valence-electron chi connectivity index (χ4n) is 3.88. The second-order valence-corrected chi connectivity index (χ2v) is 9.57. The molecule has 0 saturated carbocycles. The maximum atomic E-state index is 13.2. The molecule has 2 aromatic rings. The molecule has 1 N–H and O–H groups in total. The number of methoxy groups -OCH3 is 2. The molecule has 31 heavy (non-hydrogen) atoms. The van der Waals surface area contributed by atoms with Gasteiger partial charge in [0.05, 0.1) is 30.7 Å². The van der Waals surface area contributed by atoms with Crippen LogP contribution >= 0.6 is 0 Å². The minimum absolute atomic E-state index is 0.105. The summed E-state index contributed by atoms with van der Waals surface area (Å²) in [5, 5.41) is 3.02. The van der Waals surface area contributed by atoms with Gasteiger partial charge >= 0.3 is 0 Å². The van der Waals surface area contributed by atoms with Gasteiger partial charge in [-0.1, -0.05) is 19.1 Å². The molecule has 0 radical (unpaired) electrons. The highest BCUT2D eigenvalue weighted by molar-refractivity contribution is 7.89. The summed E-state index contributed by atoms with van der Waals surface area (Å²) >= 11 is 0. The molecule has 0 aromatic heterocycles. The standard InChI is InChI=1S/C23H30N2O5S/c1-5-20(17-8-10-21(29-3)16(2)14-17)24-23(26)19-15-18(9-11-22(19)30-4)31(27,28)25-12-6-7-13-25/h8-11,14-15,20H,5-7,12-13H2,1-4H3,(H,24,26). The van der Waals surface area contributed by atoms with Crippen molar-refractivity contribution in [1.29, 1.82) is 0 Å². The summed E-state index contributed by atoms with van der Waals surface area (Å²) in [6, 6.07) is 9.99. The fraction of sp³-hybridized carbons (Fsp3) is 0.435. The Kier molecular flexibility index (Phi) is 7.23. The highest BCUT2D eigenvalue weighted by atomic mass is 32.2. The molecule has 1 amide bonds. The van der Waals surface area contributed by atoms with Crippen LogP contribution in [0.3, 0.4) is 0 Å². The van der Waals surface area contributed by atoms with E-state index in [1.807, 2.05) is 32.0 Å². The van der Waals surface area contributed by atoms with Crippen LogP contribution in [0, 0.1) is 6.92 Å². The lowest BCUT2D eigenvalue weighted by atomic mass is 10.0. The molecule has 2 aromatic carbocycles. The number of nitrogens with zero attached hydrogens (tertiary/aromatic N) is 1. The summed E-state index contributed by atoms with van der Waals surface area (Å²) < 4.78 is 38.0. The van der Waals surface area contributed by atoms with E-state index in [0.717, 1.165) is 29.7 Å². The van der Waals surface area contributed by atoms with Crippen molar-refractivity contribution < 1.29 is 22.7 Å². The highest BCUT2D eigenvalue weighted by Crippen LogP contribution is 2.28. The molecule has 1 fully saturated rings. The van der Waals surface area contributed by atoms with Gasteiger partial charge in [-0.3, -0.25) is 4.79 Å². The van der Waals surface area contributed by atoms with E-state index in [1.54, 1.807) is 7.11 Å². The number of amides is 1. The van der Waals surface area contributed by atoms with Crippen LogP contribution in [0.4, 0.5) is 0 Å². The lowest BCUT2D eigenvalue weighted by Gasteiger charge is -2.21. The first-order valence-electron chi connectivity index (χ1n) is 10.5. The zero-order valence-electron chi connectivity index (χ0n) is 18.5. The molecule has 1 aliphatic rings. The van der Waals surface area contributed by atoms with Gasteiger partial charge in [-0.05, 0) is 61.6 Å². The predicted molar refractivity (Wildman–Crippen MR) is 119 cm³/mol. The monoisotopic (exact) mass is 446 g/mol. The van der Waals surface area contributed by atoms with Crippen molar-refractivity contribution in [2.45, 2.75) is 44.0 Å². The summed E-state index contributed by atoms with van der Waals surface area (Å²) in [7, 11) is -0.551. The molecule has 168 valence electrons. The number of carbonyl (C=O) groups excluding carboxylic acids is 1. The van der Waals surface area contributed by atoms with Crippen molar-refractivity contribution in [2.24, 2.45) is 0 Å². The van der Waals surface area contributed by atoms with E-state index in [4.69, 9.17) is 9.47 Å². The average molecular weight is 447 g/mol. The van der Waals surface area contributed by atoms with E-state index in [0.29, 0.717) is 25.3 Å². The van der Waals surface area contributed by atoms with Crippen molar-refractivity contribution in [3.8, 4) is 11.5 Å². The maximum Gasteiger partial charge on any atom is 0.255 e. The summed E-state index contributed by atoms with van der Waals surface area (Å²) in [5.74, 6) is 0.737. The number of aryl methyl sites for hydroxylation is 1. The fourth-order valence-corrected chi connectivity index (χ4v) is 5.42. The Bertz CT molecular complexity index is 1050. The number of ether oxygens (including phenoxy) is 2. The first-order valence-corrected chi connectivity index (χ1v) is 11.9. The highest BCUT2D eigenvalue weighted by Gasteiger charge is 2.29. The summed E-state index contributed by atoms with van der Waals surface area (Å²) in [6.45, 7) is 4.94. The van der Waals surface area contributed by atoms with Crippen molar-refractivity contribution in [2.75, 3.05) is 27.3 Å². The number of hydrogen-bond donors (Lipinski definition) is 1. The Morgan fingerprint density at radius 2 is 1.71 bits per heavy atom. The van der Waals surface area contributed by atoms with Crippen LogP contribution in [-0.4, -0.2) is 45.9 Å². The van der Waals surface area contributed by atoms with Crippen LogP contribution in [0.25, 0.3) is 0 Å². The molecular weight excluding hydrogens is 416 g/mol. The Balaban J connectivity index is 1.89. The van der Waals surface area contributed by atoms with E-state index < -0.39 is 10.0 Å². The van der Waals surface area contributed by atoms with Gasteiger partial charge in [0.25, 0.3) is 5.91 Å². The number of benzene rings is 2. The number of carbonyl (C=O) groups is 1. The van der Waals surface area contributed by atoms with Gasteiger partial charge in [-0.2, -0.15) is 4.31 Å². The van der Waals surface area contributed by atoms with E-state index in [-0.39, 0.29) is 22.4 Å². The third-order valence-corrected chi connectivity index (χ3v) is 7.55. The predicted octanol–water partition coefficient (Wildman–Crippen LogP) is 3.68. The smallest absolute Gasteiger partial charge is 0.255 e. The van der Waals surface area contributed by atoms with Crippen molar-refractivity contribution >= 4 is 15.9 Å². The second kappa shape index (κ2) is 9.70. The first-order chi connectivity index (χ1) is 14.8. The van der Waals surface area contributed by atoms with Gasteiger partial charge in [0.2, 0.25) is 10.0 Å². The summed E-state index contributed by atoms with van der Waals surface area (Å²) in [6.07, 6.45) is 2.37. The minimum atomic E-state index is -3.64. The largest absolute Gasteiger partial charge is 0.496 e. The van der Waals surface area contributed by atoms with Crippen LogP contribution < -0.4 is 14.8 Å². The first kappa shape index (κ1) is 23.1. The minimum Gasteiger partial charge on any atom is -0.496 e. The molecule has 3 rings (SSSR count). The van der Waals surface area contributed by atoms with Gasteiger partial charge in [-0.15, -0.1) is 0 Å².